The summed E-state index contributed by atoms with van der Waals surface area (Å²) in [7, 11) is 0. The minimum absolute atomic E-state index is 0.164. The molecule has 1 saturated carbocycles. The van der Waals surface area contributed by atoms with Crippen LogP contribution in [0.4, 0.5) is 0 Å². The predicted molar refractivity (Wildman–Crippen MR) is 80.9 cm³/mol. The van der Waals surface area contributed by atoms with Crippen LogP contribution in [-0.4, -0.2) is 24.2 Å². The third-order valence-corrected chi connectivity index (χ3v) is 5.60. The molecular formula is C18H23NO2. The van der Waals surface area contributed by atoms with Crippen molar-refractivity contribution >= 4 is 5.91 Å². The normalized spacial score (nSPS) is 32.7. The second-order valence-corrected chi connectivity index (χ2v) is 6.99. The van der Waals surface area contributed by atoms with Gasteiger partial charge in [-0.3, -0.25) is 4.79 Å². The Kier molecular flexibility index (Phi) is 3.26. The van der Waals surface area contributed by atoms with E-state index in [0.29, 0.717) is 6.10 Å². The van der Waals surface area contributed by atoms with Gasteiger partial charge >= 0.3 is 0 Å². The van der Waals surface area contributed by atoms with Crippen molar-refractivity contribution in [3.63, 3.8) is 0 Å². The summed E-state index contributed by atoms with van der Waals surface area (Å²) in [5, 5.41) is 3.31. The lowest BCUT2D eigenvalue weighted by molar-refractivity contribution is -0.137. The van der Waals surface area contributed by atoms with E-state index in [4.69, 9.17) is 4.74 Å². The van der Waals surface area contributed by atoms with Crippen molar-refractivity contribution in [2.24, 2.45) is 5.41 Å². The quantitative estimate of drug-likeness (QED) is 0.924. The first-order chi connectivity index (χ1) is 10.3. The Morgan fingerprint density at radius 1 is 1.24 bits per heavy atom. The third-order valence-electron chi connectivity index (χ3n) is 5.60. The average molecular weight is 285 g/mol. The molecule has 1 aromatic rings. The largest absolute Gasteiger partial charge is 0.373 e. The number of benzene rings is 1. The summed E-state index contributed by atoms with van der Waals surface area (Å²) in [6.45, 7) is 0. The van der Waals surface area contributed by atoms with Gasteiger partial charge in [0.2, 0.25) is 5.91 Å². The number of hydrogen-bond donors (Lipinski definition) is 1. The van der Waals surface area contributed by atoms with Crippen LogP contribution in [0.15, 0.2) is 30.3 Å². The second kappa shape index (κ2) is 5.13. The van der Waals surface area contributed by atoms with Crippen LogP contribution in [0.2, 0.25) is 0 Å². The van der Waals surface area contributed by atoms with Crippen LogP contribution < -0.4 is 5.32 Å². The van der Waals surface area contributed by atoms with Gasteiger partial charge in [0.15, 0.2) is 0 Å². The number of carbonyl (C=O) groups is 1. The molecule has 3 aliphatic rings. The Morgan fingerprint density at radius 2 is 2.05 bits per heavy atom. The SMILES string of the molecule is O=C(N[C@@H]1C[C@H]2CC[C@H]1O2)C1(Cc2ccccc2)CCC1. The van der Waals surface area contributed by atoms with E-state index in [1.807, 2.05) is 6.07 Å². The summed E-state index contributed by atoms with van der Waals surface area (Å²) < 4.78 is 5.85. The summed E-state index contributed by atoms with van der Waals surface area (Å²) in [5.74, 6) is 0.263. The number of amides is 1. The maximum Gasteiger partial charge on any atom is 0.226 e. The molecule has 3 heteroatoms. The van der Waals surface area contributed by atoms with Gasteiger partial charge in [-0.05, 0) is 44.1 Å². The van der Waals surface area contributed by atoms with Crippen molar-refractivity contribution in [3.8, 4) is 0 Å². The minimum atomic E-state index is -0.164. The molecule has 0 aromatic heterocycles. The van der Waals surface area contributed by atoms with E-state index in [9.17, 15) is 4.79 Å². The number of ether oxygens (including phenoxy) is 1. The summed E-state index contributed by atoms with van der Waals surface area (Å²) in [6.07, 6.45) is 8.06. The van der Waals surface area contributed by atoms with Crippen LogP contribution in [0.3, 0.4) is 0 Å². The van der Waals surface area contributed by atoms with Gasteiger partial charge in [0, 0.05) is 0 Å². The van der Waals surface area contributed by atoms with Gasteiger partial charge in [-0.1, -0.05) is 36.8 Å². The number of rotatable bonds is 4. The van der Waals surface area contributed by atoms with E-state index in [1.54, 1.807) is 0 Å². The molecule has 4 rings (SSSR count). The van der Waals surface area contributed by atoms with E-state index < -0.39 is 0 Å². The number of carbonyl (C=O) groups excluding carboxylic acids is 1. The van der Waals surface area contributed by atoms with Crippen LogP contribution in [0, 0.1) is 5.41 Å². The highest BCUT2D eigenvalue weighted by atomic mass is 16.5. The Bertz CT molecular complexity index is 523. The number of fused-ring (bicyclic) bond motifs is 2. The summed E-state index contributed by atoms with van der Waals surface area (Å²) in [6, 6.07) is 10.7. The molecule has 21 heavy (non-hydrogen) atoms. The molecular weight excluding hydrogens is 262 g/mol. The van der Waals surface area contributed by atoms with E-state index >= 15 is 0 Å². The summed E-state index contributed by atoms with van der Waals surface area (Å²) >= 11 is 0. The number of nitrogens with one attached hydrogen (secondary N) is 1. The van der Waals surface area contributed by atoms with Gasteiger partial charge in [-0.15, -0.1) is 0 Å². The van der Waals surface area contributed by atoms with Crippen molar-refractivity contribution in [3.05, 3.63) is 35.9 Å². The zero-order chi connectivity index (χ0) is 14.3. The van der Waals surface area contributed by atoms with Gasteiger partial charge in [0.1, 0.15) is 0 Å². The molecule has 1 amide bonds. The molecule has 112 valence electrons. The molecule has 1 N–H and O–H groups in total. The average Bonchev–Trinajstić information content (AvgIpc) is 3.06. The maximum absolute atomic E-state index is 12.8. The first kappa shape index (κ1) is 13.3. The van der Waals surface area contributed by atoms with Gasteiger partial charge < -0.3 is 10.1 Å². The van der Waals surface area contributed by atoms with Gasteiger partial charge in [-0.2, -0.15) is 0 Å². The molecule has 0 radical (unpaired) electrons. The molecule has 3 atom stereocenters. The Hall–Kier alpha value is -1.35. The zero-order valence-corrected chi connectivity index (χ0v) is 12.4. The first-order valence-corrected chi connectivity index (χ1v) is 8.26. The topological polar surface area (TPSA) is 38.3 Å². The first-order valence-electron chi connectivity index (χ1n) is 8.26. The standard InChI is InChI=1S/C18H23NO2/c20-17(19-15-11-14-7-8-16(15)21-14)18(9-4-10-18)12-13-5-2-1-3-6-13/h1-3,5-6,14-16H,4,7-12H2,(H,19,20)/t14-,15-,16-/m1/s1. The molecule has 2 bridgehead atoms. The van der Waals surface area contributed by atoms with E-state index in [0.717, 1.165) is 32.1 Å². The molecule has 2 heterocycles. The van der Waals surface area contributed by atoms with Crippen molar-refractivity contribution < 1.29 is 9.53 Å². The lowest BCUT2D eigenvalue weighted by atomic mass is 9.64. The maximum atomic E-state index is 12.8. The Morgan fingerprint density at radius 3 is 2.62 bits per heavy atom. The van der Waals surface area contributed by atoms with Crippen molar-refractivity contribution in [1.29, 1.82) is 0 Å². The highest BCUT2D eigenvalue weighted by Gasteiger charge is 2.47. The minimum Gasteiger partial charge on any atom is -0.373 e. The van der Waals surface area contributed by atoms with Crippen molar-refractivity contribution in [2.45, 2.75) is 63.2 Å². The monoisotopic (exact) mass is 285 g/mol. The van der Waals surface area contributed by atoms with Crippen molar-refractivity contribution in [2.75, 3.05) is 0 Å². The van der Waals surface area contributed by atoms with E-state index in [2.05, 4.69) is 29.6 Å². The smallest absolute Gasteiger partial charge is 0.226 e. The summed E-state index contributed by atoms with van der Waals surface area (Å²) in [4.78, 5) is 12.8. The van der Waals surface area contributed by atoms with E-state index in [1.165, 1.54) is 18.4 Å². The zero-order valence-electron chi connectivity index (χ0n) is 12.4. The van der Waals surface area contributed by atoms with Gasteiger partial charge in [0.25, 0.3) is 0 Å². The molecule has 3 nitrogen and oxygen atoms in total. The van der Waals surface area contributed by atoms with Crippen LogP contribution >= 0.6 is 0 Å². The van der Waals surface area contributed by atoms with Gasteiger partial charge in [0.05, 0.1) is 23.7 Å². The van der Waals surface area contributed by atoms with Gasteiger partial charge in [-0.25, -0.2) is 0 Å². The summed E-state index contributed by atoms with van der Waals surface area (Å²) in [5.41, 5.74) is 1.11. The van der Waals surface area contributed by atoms with Crippen molar-refractivity contribution in [1.82, 2.24) is 5.32 Å². The molecule has 1 aliphatic carbocycles. The highest BCUT2D eigenvalue weighted by molar-refractivity contribution is 5.84. The van der Waals surface area contributed by atoms with Crippen LogP contribution in [0.5, 0.6) is 0 Å². The molecule has 2 aliphatic heterocycles. The van der Waals surface area contributed by atoms with Crippen LogP contribution in [0.25, 0.3) is 0 Å². The molecule has 2 saturated heterocycles. The fraction of sp³-hybridized carbons (Fsp3) is 0.611. The predicted octanol–water partition coefficient (Wildman–Crippen LogP) is 2.84. The molecule has 0 spiro atoms. The Balaban J connectivity index is 1.44. The lowest BCUT2D eigenvalue weighted by Gasteiger charge is -2.41. The van der Waals surface area contributed by atoms with Crippen LogP contribution in [-0.2, 0) is 16.0 Å². The fourth-order valence-corrected chi connectivity index (χ4v) is 4.19. The third kappa shape index (κ3) is 2.38. The highest BCUT2D eigenvalue weighted by Crippen LogP contribution is 2.45. The Labute approximate surface area is 126 Å². The fourth-order valence-electron chi connectivity index (χ4n) is 4.19. The number of hydrogen-bond acceptors (Lipinski definition) is 2. The molecule has 0 unspecified atom stereocenters. The molecule has 3 fully saturated rings. The molecule has 1 aromatic carbocycles. The second-order valence-electron chi connectivity index (χ2n) is 6.99. The van der Waals surface area contributed by atoms with E-state index in [-0.39, 0.29) is 23.5 Å². The lowest BCUT2D eigenvalue weighted by Crippen LogP contribution is -2.52. The van der Waals surface area contributed by atoms with Crippen LogP contribution in [0.1, 0.15) is 44.1 Å².